The molecule has 42 heavy (non-hydrogen) atoms. The van der Waals surface area contributed by atoms with E-state index >= 15 is 0 Å². The molecule has 0 saturated carbocycles. The van der Waals surface area contributed by atoms with E-state index in [4.69, 9.17) is 25.8 Å². The van der Waals surface area contributed by atoms with Crippen LogP contribution in [0.1, 0.15) is 25.2 Å². The van der Waals surface area contributed by atoms with Gasteiger partial charge in [-0.15, -0.1) is 5.10 Å². The summed E-state index contributed by atoms with van der Waals surface area (Å²) in [5.74, 6) is 0.0667. The van der Waals surface area contributed by atoms with Crippen LogP contribution in [0, 0.1) is 0 Å². The first kappa shape index (κ1) is 29.1. The number of alkyl halides is 3. The second-order valence-corrected chi connectivity index (χ2v) is 9.59. The summed E-state index contributed by atoms with van der Waals surface area (Å²) in [6.07, 6.45) is -3.99. The van der Waals surface area contributed by atoms with Crippen molar-refractivity contribution in [3.05, 3.63) is 100.0 Å². The summed E-state index contributed by atoms with van der Waals surface area (Å²) in [7, 11) is 0. The molecule has 0 saturated heterocycles. The Morgan fingerprint density at radius 1 is 0.976 bits per heavy atom. The Labute approximate surface area is 243 Å². The largest absolute Gasteiger partial charge is 0.480 e. The molecule has 13 heteroatoms. The molecule has 9 nitrogen and oxygen atoms in total. The normalized spacial score (nSPS) is 12.4. The summed E-state index contributed by atoms with van der Waals surface area (Å²) >= 11 is 6.18. The lowest BCUT2D eigenvalue weighted by Gasteiger charge is -2.20. The van der Waals surface area contributed by atoms with Gasteiger partial charge in [0, 0.05) is 25.0 Å². The summed E-state index contributed by atoms with van der Waals surface area (Å²) in [5, 5.41) is 5.14. The van der Waals surface area contributed by atoms with Gasteiger partial charge in [-0.1, -0.05) is 41.9 Å². The van der Waals surface area contributed by atoms with Crippen molar-refractivity contribution < 1.29 is 27.4 Å². The molecule has 3 aromatic heterocycles. The smallest absolute Gasteiger partial charge is 0.425 e. The van der Waals surface area contributed by atoms with Gasteiger partial charge < -0.3 is 14.2 Å². The van der Waals surface area contributed by atoms with Gasteiger partial charge in [-0.25, -0.2) is 14.8 Å². The maximum absolute atomic E-state index is 13.6. The summed E-state index contributed by atoms with van der Waals surface area (Å²) in [6, 6.07) is 17.1. The third-order valence-electron chi connectivity index (χ3n) is 6.30. The van der Waals surface area contributed by atoms with E-state index in [0.29, 0.717) is 24.4 Å². The molecule has 0 radical (unpaired) electrons. The van der Waals surface area contributed by atoms with E-state index in [-0.39, 0.29) is 40.2 Å². The Morgan fingerprint density at radius 3 is 2.45 bits per heavy atom. The fraction of sp³-hybridized carbons (Fsp3) is 0.241. The van der Waals surface area contributed by atoms with Crippen LogP contribution in [-0.2, 0) is 24.5 Å². The second kappa shape index (κ2) is 12.2. The van der Waals surface area contributed by atoms with E-state index in [9.17, 15) is 18.0 Å². The molecule has 5 rings (SSSR count). The van der Waals surface area contributed by atoms with E-state index in [1.54, 1.807) is 31.2 Å². The van der Waals surface area contributed by atoms with Gasteiger partial charge in [0.25, 0.3) is 0 Å². The van der Waals surface area contributed by atoms with Crippen molar-refractivity contribution in [3.63, 3.8) is 0 Å². The van der Waals surface area contributed by atoms with Crippen molar-refractivity contribution in [2.75, 3.05) is 0 Å². The molecular formula is C29H25ClF3N5O4. The zero-order chi connectivity index (χ0) is 29.9. The summed E-state index contributed by atoms with van der Waals surface area (Å²) in [4.78, 5) is 21.6. The molecule has 218 valence electrons. The van der Waals surface area contributed by atoms with Crippen molar-refractivity contribution >= 4 is 22.4 Å². The third kappa shape index (κ3) is 6.24. The van der Waals surface area contributed by atoms with Crippen LogP contribution in [0.15, 0.2) is 77.9 Å². The molecule has 5 aromatic rings. The van der Waals surface area contributed by atoms with Gasteiger partial charge in [0.1, 0.15) is 17.4 Å². The topological polar surface area (TPSA) is 93.3 Å². The van der Waals surface area contributed by atoms with E-state index in [0.717, 1.165) is 17.2 Å². The molecule has 0 N–H and O–H groups in total. The van der Waals surface area contributed by atoms with E-state index in [1.165, 1.54) is 23.0 Å². The number of benzene rings is 2. The Bertz CT molecular complexity index is 1760. The molecule has 1 atom stereocenters. The number of halogens is 4. The predicted molar refractivity (Wildman–Crippen MR) is 149 cm³/mol. The SMILES string of the molecule is CCn1c(COCc2ccccc2)nn(-c2cc(OC(C)C(F)(F)F)c3c(Oc4ncccc4Cl)nccc3c2)c1=O. The first-order chi connectivity index (χ1) is 20.2. The highest BCUT2D eigenvalue weighted by Gasteiger charge is 2.38. The maximum atomic E-state index is 13.6. The van der Waals surface area contributed by atoms with Gasteiger partial charge in [-0.05, 0) is 49.1 Å². The quantitative estimate of drug-likeness (QED) is 0.181. The van der Waals surface area contributed by atoms with Crippen LogP contribution in [0.3, 0.4) is 0 Å². The van der Waals surface area contributed by atoms with Crippen molar-refractivity contribution in [1.82, 2.24) is 24.3 Å². The molecule has 0 aliphatic carbocycles. The van der Waals surface area contributed by atoms with Gasteiger partial charge in [0.05, 0.1) is 17.7 Å². The van der Waals surface area contributed by atoms with Crippen molar-refractivity contribution in [2.24, 2.45) is 0 Å². The number of aromatic nitrogens is 5. The number of hydrogen-bond acceptors (Lipinski definition) is 7. The molecular weight excluding hydrogens is 575 g/mol. The second-order valence-electron chi connectivity index (χ2n) is 9.19. The Kier molecular flexibility index (Phi) is 8.46. The Morgan fingerprint density at radius 2 is 1.74 bits per heavy atom. The predicted octanol–water partition coefficient (Wildman–Crippen LogP) is 6.49. The highest BCUT2D eigenvalue weighted by molar-refractivity contribution is 6.31. The van der Waals surface area contributed by atoms with Gasteiger partial charge in [-0.2, -0.15) is 17.9 Å². The number of ether oxygens (including phenoxy) is 3. The molecule has 0 aliphatic rings. The van der Waals surface area contributed by atoms with Gasteiger partial charge in [0.15, 0.2) is 11.9 Å². The van der Waals surface area contributed by atoms with Crippen LogP contribution >= 0.6 is 11.6 Å². The lowest BCUT2D eigenvalue weighted by molar-refractivity contribution is -0.189. The van der Waals surface area contributed by atoms with E-state index in [2.05, 4.69) is 15.1 Å². The zero-order valence-corrected chi connectivity index (χ0v) is 23.3. The number of fused-ring (bicyclic) bond motifs is 1. The summed E-state index contributed by atoms with van der Waals surface area (Å²) in [6.45, 7) is 3.32. The Hall–Kier alpha value is -4.42. The van der Waals surface area contributed by atoms with Crippen molar-refractivity contribution in [3.8, 4) is 23.2 Å². The monoisotopic (exact) mass is 599 g/mol. The molecule has 1 unspecified atom stereocenters. The maximum Gasteiger partial charge on any atom is 0.425 e. The molecule has 0 aliphatic heterocycles. The van der Waals surface area contributed by atoms with Crippen LogP contribution in [0.4, 0.5) is 13.2 Å². The molecule has 3 heterocycles. The molecule has 0 spiro atoms. The van der Waals surface area contributed by atoms with Crippen molar-refractivity contribution in [1.29, 1.82) is 0 Å². The minimum atomic E-state index is -4.67. The zero-order valence-electron chi connectivity index (χ0n) is 22.5. The first-order valence-corrected chi connectivity index (χ1v) is 13.3. The van der Waals surface area contributed by atoms with Gasteiger partial charge in [0.2, 0.25) is 11.8 Å². The fourth-order valence-corrected chi connectivity index (χ4v) is 4.34. The van der Waals surface area contributed by atoms with Crippen LogP contribution in [-0.4, -0.2) is 36.6 Å². The van der Waals surface area contributed by atoms with Crippen LogP contribution < -0.4 is 15.2 Å². The lowest BCUT2D eigenvalue weighted by Crippen LogP contribution is -2.31. The minimum Gasteiger partial charge on any atom is -0.480 e. The minimum absolute atomic E-state index is 0.0103. The third-order valence-corrected chi connectivity index (χ3v) is 6.59. The average molecular weight is 600 g/mol. The number of hydrogen-bond donors (Lipinski definition) is 0. The van der Waals surface area contributed by atoms with E-state index in [1.807, 2.05) is 30.3 Å². The standard InChI is InChI=1S/C29H25ClF3N5O4/c1-3-37-24(17-40-16-19-8-5-4-6-9-19)36-38(28(37)39)21-14-20-11-13-35-27(42-26-22(30)10-7-12-34-26)25(20)23(15-21)41-18(2)29(31,32)33/h4-15,18H,3,16-17H2,1-2H3. The summed E-state index contributed by atoms with van der Waals surface area (Å²) < 4.78 is 60.3. The van der Waals surface area contributed by atoms with Crippen molar-refractivity contribution in [2.45, 2.75) is 45.9 Å². The summed E-state index contributed by atoms with van der Waals surface area (Å²) in [5.41, 5.74) is 0.647. The number of rotatable bonds is 10. The lowest BCUT2D eigenvalue weighted by atomic mass is 10.1. The molecule has 0 fully saturated rings. The van der Waals surface area contributed by atoms with Gasteiger partial charge >= 0.3 is 11.9 Å². The molecule has 0 amide bonds. The number of nitrogens with zero attached hydrogens (tertiary/aromatic N) is 5. The highest BCUT2D eigenvalue weighted by Crippen LogP contribution is 2.39. The first-order valence-electron chi connectivity index (χ1n) is 12.9. The molecule has 0 bridgehead atoms. The van der Waals surface area contributed by atoms with Crippen LogP contribution in [0.2, 0.25) is 5.02 Å². The van der Waals surface area contributed by atoms with Crippen LogP contribution in [0.25, 0.3) is 16.5 Å². The number of pyridine rings is 2. The molecule has 2 aromatic carbocycles. The van der Waals surface area contributed by atoms with E-state index < -0.39 is 18.0 Å². The highest BCUT2D eigenvalue weighted by atomic mass is 35.5. The fourth-order valence-electron chi connectivity index (χ4n) is 4.18. The van der Waals surface area contributed by atoms with Gasteiger partial charge in [-0.3, -0.25) is 4.57 Å². The average Bonchev–Trinajstić information content (AvgIpc) is 3.29. The Balaban J connectivity index is 1.57. The van der Waals surface area contributed by atoms with Crippen LogP contribution in [0.5, 0.6) is 17.5 Å².